The number of halogens is 1. The first-order chi connectivity index (χ1) is 13.6. The van der Waals surface area contributed by atoms with Crippen LogP contribution in [0.2, 0.25) is 5.02 Å². The predicted octanol–water partition coefficient (Wildman–Crippen LogP) is 5.68. The average Bonchev–Trinajstić information content (AvgIpc) is 2.72. The van der Waals surface area contributed by atoms with Crippen LogP contribution in [-0.4, -0.2) is 11.1 Å². The summed E-state index contributed by atoms with van der Waals surface area (Å²) in [6, 6.07) is 23.2. The molecule has 0 aliphatic carbocycles. The standard InChI is InChI=1S/C23H16ClNO3/c24-21-7-3-1-6-19(21)15-28-22-8-4-2-5-18(22)13-20(14-25)16-9-11-17(12-10-16)23(26)27/h1-13H,15H2,(H,26,27)/b20-13-. The summed E-state index contributed by atoms with van der Waals surface area (Å²) < 4.78 is 5.92. The summed E-state index contributed by atoms with van der Waals surface area (Å²) in [5, 5.41) is 19.2. The number of hydrogen-bond acceptors (Lipinski definition) is 3. The lowest BCUT2D eigenvalue weighted by molar-refractivity contribution is 0.0697. The lowest BCUT2D eigenvalue weighted by Gasteiger charge is -2.11. The third-order valence-electron chi connectivity index (χ3n) is 4.12. The molecular weight excluding hydrogens is 374 g/mol. The number of para-hydroxylation sites is 1. The van der Waals surface area contributed by atoms with Crippen LogP contribution in [0.15, 0.2) is 72.8 Å². The van der Waals surface area contributed by atoms with Crippen LogP contribution < -0.4 is 4.74 Å². The first-order valence-corrected chi connectivity index (χ1v) is 8.87. The molecule has 3 aromatic rings. The van der Waals surface area contributed by atoms with Crippen LogP contribution >= 0.6 is 11.6 Å². The molecule has 3 aromatic carbocycles. The largest absolute Gasteiger partial charge is 0.488 e. The Balaban J connectivity index is 1.87. The van der Waals surface area contributed by atoms with E-state index < -0.39 is 5.97 Å². The van der Waals surface area contributed by atoms with Gasteiger partial charge >= 0.3 is 5.97 Å². The smallest absolute Gasteiger partial charge is 0.335 e. The normalized spacial score (nSPS) is 10.9. The molecule has 0 bridgehead atoms. The molecule has 3 rings (SSSR count). The Morgan fingerprint density at radius 2 is 1.64 bits per heavy atom. The van der Waals surface area contributed by atoms with E-state index >= 15 is 0 Å². The molecule has 0 fully saturated rings. The quantitative estimate of drug-likeness (QED) is 0.434. The highest BCUT2D eigenvalue weighted by Crippen LogP contribution is 2.26. The number of hydrogen-bond donors (Lipinski definition) is 1. The van der Waals surface area contributed by atoms with Gasteiger partial charge in [0.25, 0.3) is 0 Å². The summed E-state index contributed by atoms with van der Waals surface area (Å²) in [5.74, 6) is -0.385. The zero-order chi connectivity index (χ0) is 19.9. The van der Waals surface area contributed by atoms with Crippen LogP contribution in [0.1, 0.15) is 27.0 Å². The Morgan fingerprint density at radius 1 is 1.00 bits per heavy atom. The molecule has 0 amide bonds. The molecule has 0 saturated heterocycles. The van der Waals surface area contributed by atoms with E-state index in [4.69, 9.17) is 21.4 Å². The van der Waals surface area contributed by atoms with E-state index in [9.17, 15) is 10.1 Å². The number of aromatic carboxylic acids is 1. The fraction of sp³-hybridized carbons (Fsp3) is 0.0435. The van der Waals surface area contributed by atoms with Crippen LogP contribution in [0.25, 0.3) is 11.6 Å². The summed E-state index contributed by atoms with van der Waals surface area (Å²) in [4.78, 5) is 11.0. The first-order valence-electron chi connectivity index (χ1n) is 8.49. The second-order valence-corrected chi connectivity index (χ2v) is 6.38. The van der Waals surface area contributed by atoms with E-state index in [1.165, 1.54) is 12.1 Å². The molecule has 5 heteroatoms. The molecule has 0 heterocycles. The molecule has 4 nitrogen and oxygen atoms in total. The van der Waals surface area contributed by atoms with Crippen molar-refractivity contribution in [1.82, 2.24) is 0 Å². The Morgan fingerprint density at radius 3 is 2.32 bits per heavy atom. The van der Waals surface area contributed by atoms with Crippen molar-refractivity contribution in [2.45, 2.75) is 6.61 Å². The van der Waals surface area contributed by atoms with Crippen LogP contribution in [0, 0.1) is 11.3 Å². The summed E-state index contributed by atoms with van der Waals surface area (Å²) in [6.45, 7) is 0.305. The second-order valence-electron chi connectivity index (χ2n) is 5.97. The van der Waals surface area contributed by atoms with Crippen LogP contribution in [-0.2, 0) is 6.61 Å². The first kappa shape index (κ1) is 19.2. The van der Waals surface area contributed by atoms with Crippen molar-refractivity contribution < 1.29 is 14.6 Å². The van der Waals surface area contributed by atoms with E-state index in [0.29, 0.717) is 28.5 Å². The van der Waals surface area contributed by atoms with Gasteiger partial charge in [-0.05, 0) is 35.9 Å². The number of carboxylic acids is 1. The van der Waals surface area contributed by atoms with Gasteiger partial charge in [0, 0.05) is 16.1 Å². The van der Waals surface area contributed by atoms with Gasteiger partial charge in [-0.2, -0.15) is 5.26 Å². The highest BCUT2D eigenvalue weighted by atomic mass is 35.5. The zero-order valence-electron chi connectivity index (χ0n) is 14.8. The van der Waals surface area contributed by atoms with Crippen molar-refractivity contribution in [2.75, 3.05) is 0 Å². The minimum Gasteiger partial charge on any atom is -0.488 e. The third kappa shape index (κ3) is 4.59. The van der Waals surface area contributed by atoms with Crippen molar-refractivity contribution in [3.63, 3.8) is 0 Å². The van der Waals surface area contributed by atoms with Gasteiger partial charge in [-0.15, -0.1) is 0 Å². The highest BCUT2D eigenvalue weighted by Gasteiger charge is 2.08. The van der Waals surface area contributed by atoms with Crippen LogP contribution in [0.5, 0.6) is 5.75 Å². The monoisotopic (exact) mass is 389 g/mol. The molecule has 0 spiro atoms. The van der Waals surface area contributed by atoms with Crippen molar-refractivity contribution >= 4 is 29.2 Å². The number of ether oxygens (including phenoxy) is 1. The molecule has 138 valence electrons. The van der Waals surface area contributed by atoms with E-state index in [1.54, 1.807) is 24.3 Å². The van der Waals surface area contributed by atoms with Crippen molar-refractivity contribution in [2.24, 2.45) is 0 Å². The maximum atomic E-state index is 11.0. The maximum absolute atomic E-state index is 11.0. The van der Waals surface area contributed by atoms with Gasteiger partial charge in [-0.25, -0.2) is 4.79 Å². The minimum absolute atomic E-state index is 0.171. The number of carbonyl (C=O) groups is 1. The third-order valence-corrected chi connectivity index (χ3v) is 4.49. The Bertz CT molecular complexity index is 1070. The van der Waals surface area contributed by atoms with Crippen LogP contribution in [0.4, 0.5) is 0 Å². The minimum atomic E-state index is -1.01. The topological polar surface area (TPSA) is 70.3 Å². The SMILES string of the molecule is N#C/C(=C/c1ccccc1OCc1ccccc1Cl)c1ccc(C(=O)O)cc1. The van der Waals surface area contributed by atoms with Crippen molar-refractivity contribution in [3.05, 3.63) is 100 Å². The zero-order valence-corrected chi connectivity index (χ0v) is 15.6. The van der Waals surface area contributed by atoms with Gasteiger partial charge in [0.1, 0.15) is 12.4 Å². The van der Waals surface area contributed by atoms with E-state index in [-0.39, 0.29) is 5.56 Å². The summed E-state index contributed by atoms with van der Waals surface area (Å²) in [5.41, 5.74) is 2.82. The van der Waals surface area contributed by atoms with Gasteiger partial charge in [0.15, 0.2) is 0 Å². The van der Waals surface area contributed by atoms with Gasteiger partial charge in [-0.1, -0.05) is 60.1 Å². The molecule has 0 aromatic heterocycles. The van der Waals surface area contributed by atoms with Crippen molar-refractivity contribution in [3.8, 4) is 11.8 Å². The summed E-state index contributed by atoms with van der Waals surface area (Å²) >= 11 is 6.18. The van der Waals surface area contributed by atoms with Gasteiger partial charge in [0.05, 0.1) is 17.2 Å². The second kappa shape index (κ2) is 8.90. The predicted molar refractivity (Wildman–Crippen MR) is 109 cm³/mol. The Hall–Kier alpha value is -3.55. The molecule has 0 saturated carbocycles. The fourth-order valence-corrected chi connectivity index (χ4v) is 2.82. The Labute approximate surface area is 167 Å². The Kier molecular flexibility index (Phi) is 6.11. The molecule has 0 atom stereocenters. The highest BCUT2D eigenvalue weighted by molar-refractivity contribution is 6.31. The maximum Gasteiger partial charge on any atom is 0.335 e. The number of rotatable bonds is 6. The number of benzene rings is 3. The molecule has 0 unspecified atom stereocenters. The fourth-order valence-electron chi connectivity index (χ4n) is 2.63. The number of nitrogens with zero attached hydrogens (tertiary/aromatic N) is 1. The molecule has 1 N–H and O–H groups in total. The average molecular weight is 390 g/mol. The molecular formula is C23H16ClNO3. The number of carboxylic acid groups (broad SMARTS) is 1. The molecule has 0 radical (unpaired) electrons. The number of nitriles is 1. The lowest BCUT2D eigenvalue weighted by atomic mass is 10.0. The van der Waals surface area contributed by atoms with E-state index in [1.807, 2.05) is 42.5 Å². The van der Waals surface area contributed by atoms with E-state index in [2.05, 4.69) is 6.07 Å². The van der Waals surface area contributed by atoms with Gasteiger partial charge in [0.2, 0.25) is 0 Å². The molecule has 28 heavy (non-hydrogen) atoms. The van der Waals surface area contributed by atoms with E-state index in [0.717, 1.165) is 11.1 Å². The summed E-state index contributed by atoms with van der Waals surface area (Å²) in [7, 11) is 0. The van der Waals surface area contributed by atoms with Crippen molar-refractivity contribution in [1.29, 1.82) is 5.26 Å². The number of allylic oxidation sites excluding steroid dienone is 1. The molecule has 0 aliphatic rings. The van der Waals surface area contributed by atoms with Gasteiger partial charge < -0.3 is 9.84 Å². The molecule has 0 aliphatic heterocycles. The lowest BCUT2D eigenvalue weighted by Crippen LogP contribution is -1.98. The van der Waals surface area contributed by atoms with Gasteiger partial charge in [-0.3, -0.25) is 0 Å². The summed E-state index contributed by atoms with van der Waals surface area (Å²) in [6.07, 6.45) is 1.72. The van der Waals surface area contributed by atoms with Crippen LogP contribution in [0.3, 0.4) is 0 Å².